The van der Waals surface area contributed by atoms with E-state index in [9.17, 15) is 4.79 Å². The highest BCUT2D eigenvalue weighted by molar-refractivity contribution is 5.95. The zero-order valence-electron chi connectivity index (χ0n) is 14.0. The maximum Gasteiger partial charge on any atom is 0.251 e. The molecular weight excluding hydrogens is 288 g/mol. The number of carbonyl (C=O) groups is 1. The quantitative estimate of drug-likeness (QED) is 0.798. The van der Waals surface area contributed by atoms with Gasteiger partial charge in [-0.15, -0.1) is 0 Å². The van der Waals surface area contributed by atoms with Gasteiger partial charge in [0.1, 0.15) is 5.75 Å². The standard InChI is InChI=1S/C19H24N2O2/c1-15-7-4-10-18(13-15)23-12-6-11-20-19(22)16-8-5-9-17(14-16)21(2)3/h4-5,7-10,13-14H,6,11-12H2,1-3H3,(H,20,22). The fourth-order valence-electron chi connectivity index (χ4n) is 2.20. The molecule has 4 nitrogen and oxygen atoms in total. The van der Waals surface area contributed by atoms with E-state index in [2.05, 4.69) is 5.32 Å². The van der Waals surface area contributed by atoms with Gasteiger partial charge in [0.05, 0.1) is 6.61 Å². The van der Waals surface area contributed by atoms with E-state index in [0.717, 1.165) is 17.9 Å². The number of rotatable bonds is 7. The van der Waals surface area contributed by atoms with Crippen molar-refractivity contribution in [2.75, 3.05) is 32.1 Å². The van der Waals surface area contributed by atoms with Crippen LogP contribution in [0.1, 0.15) is 22.3 Å². The summed E-state index contributed by atoms with van der Waals surface area (Å²) in [6, 6.07) is 15.5. The Labute approximate surface area is 138 Å². The van der Waals surface area contributed by atoms with Crippen LogP contribution in [-0.2, 0) is 0 Å². The number of amides is 1. The van der Waals surface area contributed by atoms with Gasteiger partial charge in [0.15, 0.2) is 0 Å². The molecule has 1 N–H and O–H groups in total. The average molecular weight is 312 g/mol. The van der Waals surface area contributed by atoms with E-state index < -0.39 is 0 Å². The van der Waals surface area contributed by atoms with Crippen molar-refractivity contribution in [2.24, 2.45) is 0 Å². The van der Waals surface area contributed by atoms with Crippen LogP contribution in [-0.4, -0.2) is 33.2 Å². The summed E-state index contributed by atoms with van der Waals surface area (Å²) >= 11 is 0. The predicted octanol–water partition coefficient (Wildman–Crippen LogP) is 3.26. The zero-order valence-corrected chi connectivity index (χ0v) is 14.0. The monoisotopic (exact) mass is 312 g/mol. The van der Waals surface area contributed by atoms with Crippen LogP contribution in [0, 0.1) is 6.92 Å². The Morgan fingerprint density at radius 1 is 1.13 bits per heavy atom. The van der Waals surface area contributed by atoms with E-state index in [1.54, 1.807) is 0 Å². The molecule has 1 amide bonds. The van der Waals surface area contributed by atoms with Crippen LogP contribution in [0.3, 0.4) is 0 Å². The summed E-state index contributed by atoms with van der Waals surface area (Å²) in [6.07, 6.45) is 0.771. The molecule has 0 aromatic heterocycles. The normalized spacial score (nSPS) is 10.2. The van der Waals surface area contributed by atoms with Crippen LogP contribution in [0.2, 0.25) is 0 Å². The number of aryl methyl sites for hydroxylation is 1. The number of hydrogen-bond acceptors (Lipinski definition) is 3. The number of hydrogen-bond donors (Lipinski definition) is 1. The van der Waals surface area contributed by atoms with E-state index in [-0.39, 0.29) is 5.91 Å². The summed E-state index contributed by atoms with van der Waals surface area (Å²) in [6.45, 7) is 3.22. The molecular formula is C19H24N2O2. The number of benzene rings is 2. The smallest absolute Gasteiger partial charge is 0.251 e. The van der Waals surface area contributed by atoms with E-state index >= 15 is 0 Å². The van der Waals surface area contributed by atoms with Gasteiger partial charge in [0.25, 0.3) is 5.91 Å². The number of ether oxygens (including phenoxy) is 1. The topological polar surface area (TPSA) is 41.6 Å². The molecule has 2 rings (SSSR count). The number of anilines is 1. The largest absolute Gasteiger partial charge is 0.494 e. The molecule has 2 aromatic carbocycles. The predicted molar refractivity (Wildman–Crippen MR) is 94.4 cm³/mol. The van der Waals surface area contributed by atoms with E-state index in [1.165, 1.54) is 5.56 Å². The Kier molecular flexibility index (Phi) is 6.03. The Morgan fingerprint density at radius 2 is 1.91 bits per heavy atom. The summed E-state index contributed by atoms with van der Waals surface area (Å²) in [5.41, 5.74) is 2.87. The molecule has 122 valence electrons. The van der Waals surface area contributed by atoms with Crippen LogP contribution in [0.5, 0.6) is 5.75 Å². The third-order valence-corrected chi connectivity index (χ3v) is 3.49. The Hall–Kier alpha value is -2.49. The molecule has 2 aromatic rings. The van der Waals surface area contributed by atoms with Gasteiger partial charge in [-0.1, -0.05) is 18.2 Å². The van der Waals surface area contributed by atoms with Gasteiger partial charge < -0.3 is 15.0 Å². The lowest BCUT2D eigenvalue weighted by Gasteiger charge is -2.13. The van der Waals surface area contributed by atoms with Gasteiger partial charge in [0, 0.05) is 31.9 Å². The lowest BCUT2D eigenvalue weighted by atomic mass is 10.2. The van der Waals surface area contributed by atoms with Crippen molar-refractivity contribution in [1.82, 2.24) is 5.32 Å². The first kappa shape index (κ1) is 16.9. The molecule has 23 heavy (non-hydrogen) atoms. The number of nitrogens with one attached hydrogen (secondary N) is 1. The van der Waals surface area contributed by atoms with Crippen LogP contribution in [0.4, 0.5) is 5.69 Å². The molecule has 0 aliphatic rings. The maximum atomic E-state index is 12.1. The number of nitrogens with zero attached hydrogens (tertiary/aromatic N) is 1. The molecule has 4 heteroatoms. The Bertz CT molecular complexity index is 653. The lowest BCUT2D eigenvalue weighted by molar-refractivity contribution is 0.0951. The highest BCUT2D eigenvalue weighted by atomic mass is 16.5. The molecule has 0 saturated heterocycles. The molecule has 0 heterocycles. The fourth-order valence-corrected chi connectivity index (χ4v) is 2.20. The van der Waals surface area contributed by atoms with Crippen molar-refractivity contribution in [1.29, 1.82) is 0 Å². The molecule has 0 bridgehead atoms. The minimum atomic E-state index is -0.0516. The van der Waals surface area contributed by atoms with Gasteiger partial charge in [-0.2, -0.15) is 0 Å². The molecule has 0 aliphatic carbocycles. The molecule has 0 fully saturated rings. The summed E-state index contributed by atoms with van der Waals surface area (Å²) in [7, 11) is 3.92. The molecule has 0 saturated carbocycles. The van der Waals surface area contributed by atoms with Crippen molar-refractivity contribution < 1.29 is 9.53 Å². The van der Waals surface area contributed by atoms with Crippen LogP contribution in [0.25, 0.3) is 0 Å². The van der Waals surface area contributed by atoms with Crippen molar-refractivity contribution >= 4 is 11.6 Å². The maximum absolute atomic E-state index is 12.1. The van der Waals surface area contributed by atoms with Crippen LogP contribution >= 0.6 is 0 Å². The molecule has 0 radical (unpaired) electrons. The van der Waals surface area contributed by atoms with Gasteiger partial charge in [-0.05, 0) is 49.2 Å². The summed E-state index contributed by atoms with van der Waals surface area (Å²) < 4.78 is 5.67. The summed E-state index contributed by atoms with van der Waals surface area (Å²) in [4.78, 5) is 14.1. The van der Waals surface area contributed by atoms with E-state index in [1.807, 2.05) is 74.4 Å². The van der Waals surface area contributed by atoms with Crippen molar-refractivity contribution in [3.8, 4) is 5.75 Å². The second kappa shape index (κ2) is 8.22. The summed E-state index contributed by atoms with van der Waals surface area (Å²) in [5, 5.41) is 2.93. The highest BCUT2D eigenvalue weighted by Crippen LogP contribution is 2.14. The third-order valence-electron chi connectivity index (χ3n) is 3.49. The Balaban J connectivity index is 1.73. The molecule has 0 spiro atoms. The van der Waals surface area contributed by atoms with Crippen molar-refractivity contribution in [3.05, 3.63) is 59.7 Å². The molecule has 0 unspecified atom stereocenters. The number of carbonyl (C=O) groups excluding carboxylic acids is 1. The summed E-state index contributed by atoms with van der Waals surface area (Å²) in [5.74, 6) is 0.819. The lowest BCUT2D eigenvalue weighted by Crippen LogP contribution is -2.25. The SMILES string of the molecule is Cc1cccc(OCCCNC(=O)c2cccc(N(C)C)c2)c1. The Morgan fingerprint density at radius 3 is 2.65 bits per heavy atom. The van der Waals surface area contributed by atoms with Crippen LogP contribution < -0.4 is 15.0 Å². The first-order valence-electron chi connectivity index (χ1n) is 7.81. The van der Waals surface area contributed by atoms with Gasteiger partial charge >= 0.3 is 0 Å². The second-order valence-corrected chi connectivity index (χ2v) is 5.72. The minimum Gasteiger partial charge on any atom is -0.494 e. The van der Waals surface area contributed by atoms with Crippen LogP contribution in [0.15, 0.2) is 48.5 Å². The van der Waals surface area contributed by atoms with E-state index in [0.29, 0.717) is 18.7 Å². The van der Waals surface area contributed by atoms with Crippen molar-refractivity contribution in [3.63, 3.8) is 0 Å². The third kappa shape index (κ3) is 5.33. The van der Waals surface area contributed by atoms with Gasteiger partial charge in [-0.3, -0.25) is 4.79 Å². The molecule has 0 aliphatic heterocycles. The van der Waals surface area contributed by atoms with Crippen molar-refractivity contribution in [2.45, 2.75) is 13.3 Å². The van der Waals surface area contributed by atoms with Gasteiger partial charge in [-0.25, -0.2) is 0 Å². The highest BCUT2D eigenvalue weighted by Gasteiger charge is 2.06. The van der Waals surface area contributed by atoms with E-state index in [4.69, 9.17) is 4.74 Å². The minimum absolute atomic E-state index is 0.0516. The zero-order chi connectivity index (χ0) is 16.7. The average Bonchev–Trinajstić information content (AvgIpc) is 2.54. The second-order valence-electron chi connectivity index (χ2n) is 5.72. The first-order chi connectivity index (χ1) is 11.1. The van der Waals surface area contributed by atoms with Gasteiger partial charge in [0.2, 0.25) is 0 Å². The first-order valence-corrected chi connectivity index (χ1v) is 7.81. The fraction of sp³-hybridized carbons (Fsp3) is 0.316. The molecule has 0 atom stereocenters.